The van der Waals surface area contributed by atoms with Crippen LogP contribution in [0.5, 0.6) is 0 Å². The molecular formula is C17H18N6O2S. The first kappa shape index (κ1) is 17.9. The minimum atomic E-state index is -0.717. The fourth-order valence-corrected chi connectivity index (χ4v) is 3.16. The van der Waals surface area contributed by atoms with Crippen molar-refractivity contribution >= 4 is 32.8 Å². The topological polar surface area (TPSA) is 113 Å². The van der Waals surface area contributed by atoms with Gasteiger partial charge >= 0.3 is 6.03 Å². The van der Waals surface area contributed by atoms with Crippen molar-refractivity contribution in [2.24, 2.45) is 0 Å². The maximum absolute atomic E-state index is 11.7. The van der Waals surface area contributed by atoms with Crippen LogP contribution in [0.1, 0.15) is 24.5 Å². The van der Waals surface area contributed by atoms with Crippen molar-refractivity contribution in [3.05, 3.63) is 42.6 Å². The number of carbonyl (C=O) groups excluding carboxylic acids is 1. The van der Waals surface area contributed by atoms with Gasteiger partial charge in [0.05, 0.1) is 0 Å². The molecule has 0 aliphatic rings. The Hall–Kier alpha value is -2.91. The minimum absolute atomic E-state index is 0.344. The second-order valence-corrected chi connectivity index (χ2v) is 6.57. The van der Waals surface area contributed by atoms with Gasteiger partial charge in [0.2, 0.25) is 0 Å². The molecule has 0 aliphatic carbocycles. The number of anilines is 1. The van der Waals surface area contributed by atoms with E-state index in [4.69, 9.17) is 0 Å². The zero-order valence-corrected chi connectivity index (χ0v) is 15.2. The Morgan fingerprint density at radius 2 is 2.12 bits per heavy atom. The second-order valence-electron chi connectivity index (χ2n) is 5.59. The lowest BCUT2D eigenvalue weighted by atomic mass is 10.1. The van der Waals surface area contributed by atoms with Crippen LogP contribution in [-0.4, -0.2) is 37.6 Å². The highest BCUT2D eigenvalue weighted by molar-refractivity contribution is 7.21. The van der Waals surface area contributed by atoms with Gasteiger partial charge in [-0.2, -0.15) is 0 Å². The molecule has 0 fully saturated rings. The average Bonchev–Trinajstić information content (AvgIpc) is 3.00. The molecule has 3 rings (SSSR count). The molecule has 3 aromatic heterocycles. The largest absolute Gasteiger partial charge is 0.385 e. The molecule has 9 heteroatoms. The number of pyridine rings is 1. The number of aliphatic hydroxyl groups excluding tert-OH is 1. The van der Waals surface area contributed by atoms with Gasteiger partial charge in [0, 0.05) is 35.8 Å². The summed E-state index contributed by atoms with van der Waals surface area (Å²) in [6.07, 6.45) is 4.18. The number of carbonyl (C=O) groups is 1. The highest BCUT2D eigenvalue weighted by Crippen LogP contribution is 2.30. The van der Waals surface area contributed by atoms with Gasteiger partial charge in [-0.15, -0.1) is 6.58 Å². The summed E-state index contributed by atoms with van der Waals surface area (Å²) in [6, 6.07) is 1.55. The monoisotopic (exact) mass is 370 g/mol. The van der Waals surface area contributed by atoms with E-state index in [0.29, 0.717) is 23.0 Å². The third-order valence-electron chi connectivity index (χ3n) is 3.56. The van der Waals surface area contributed by atoms with E-state index in [-0.39, 0.29) is 6.03 Å². The SMILES string of the molecule is C=CCNC(=O)Nc1nc2cc(-c3cnc(C(C)O)nc3)c(C)nc2s1. The van der Waals surface area contributed by atoms with Crippen molar-refractivity contribution in [1.29, 1.82) is 0 Å². The normalized spacial score (nSPS) is 12.0. The number of nitrogens with zero attached hydrogens (tertiary/aromatic N) is 4. The third-order valence-corrected chi connectivity index (χ3v) is 4.44. The number of aliphatic hydroxyl groups is 1. The molecule has 1 atom stereocenters. The minimum Gasteiger partial charge on any atom is -0.385 e. The fourth-order valence-electron chi connectivity index (χ4n) is 2.30. The van der Waals surface area contributed by atoms with Crippen LogP contribution in [0.25, 0.3) is 21.5 Å². The lowest BCUT2D eigenvalue weighted by molar-refractivity contribution is 0.189. The number of amides is 2. The molecular weight excluding hydrogens is 352 g/mol. The van der Waals surface area contributed by atoms with Crippen LogP contribution < -0.4 is 10.6 Å². The molecule has 0 saturated heterocycles. The van der Waals surface area contributed by atoms with Crippen molar-refractivity contribution in [3.63, 3.8) is 0 Å². The molecule has 134 valence electrons. The molecule has 26 heavy (non-hydrogen) atoms. The zero-order chi connectivity index (χ0) is 18.7. The van der Waals surface area contributed by atoms with Gasteiger partial charge in [-0.3, -0.25) is 5.32 Å². The molecule has 3 heterocycles. The average molecular weight is 370 g/mol. The molecule has 3 aromatic rings. The van der Waals surface area contributed by atoms with Gasteiger partial charge in [-0.1, -0.05) is 17.4 Å². The zero-order valence-electron chi connectivity index (χ0n) is 14.4. The van der Waals surface area contributed by atoms with Gasteiger partial charge in [0.25, 0.3) is 0 Å². The number of nitrogens with one attached hydrogen (secondary N) is 2. The number of hydrogen-bond donors (Lipinski definition) is 3. The summed E-state index contributed by atoms with van der Waals surface area (Å²) < 4.78 is 0. The summed E-state index contributed by atoms with van der Waals surface area (Å²) in [6.45, 7) is 7.43. The molecule has 8 nitrogen and oxygen atoms in total. The van der Waals surface area contributed by atoms with Gasteiger partial charge < -0.3 is 10.4 Å². The van der Waals surface area contributed by atoms with E-state index in [0.717, 1.165) is 21.7 Å². The smallest absolute Gasteiger partial charge is 0.321 e. The van der Waals surface area contributed by atoms with E-state index < -0.39 is 6.10 Å². The number of urea groups is 1. The van der Waals surface area contributed by atoms with Crippen molar-refractivity contribution in [2.75, 3.05) is 11.9 Å². The fraction of sp³-hybridized carbons (Fsp3) is 0.235. The maximum atomic E-state index is 11.7. The third kappa shape index (κ3) is 3.84. The number of rotatable bonds is 5. The van der Waals surface area contributed by atoms with E-state index in [2.05, 4.69) is 37.1 Å². The van der Waals surface area contributed by atoms with Crippen molar-refractivity contribution in [3.8, 4) is 11.1 Å². The second kappa shape index (κ2) is 7.54. The summed E-state index contributed by atoms with van der Waals surface area (Å²) >= 11 is 1.30. The van der Waals surface area contributed by atoms with Crippen molar-refractivity contribution in [2.45, 2.75) is 20.0 Å². The van der Waals surface area contributed by atoms with E-state index >= 15 is 0 Å². The Labute approximate surface area is 154 Å². The molecule has 0 aromatic carbocycles. The Bertz CT molecular complexity index is 952. The summed E-state index contributed by atoms with van der Waals surface area (Å²) in [4.78, 5) is 29.8. The van der Waals surface area contributed by atoms with Crippen LogP contribution in [0.3, 0.4) is 0 Å². The molecule has 2 amide bonds. The standard InChI is InChI=1S/C17H18N6O2S/c1-4-5-18-16(25)23-17-22-13-6-12(9(2)21-15(13)26-17)11-7-19-14(10(3)24)20-8-11/h4,6-8,10,24H,1,5H2,2-3H3,(H2,18,22,23,25). The van der Waals surface area contributed by atoms with Gasteiger partial charge in [-0.25, -0.2) is 24.7 Å². The van der Waals surface area contributed by atoms with Crippen LogP contribution in [-0.2, 0) is 0 Å². The van der Waals surface area contributed by atoms with E-state index in [1.165, 1.54) is 11.3 Å². The Kier molecular flexibility index (Phi) is 5.19. The first-order chi connectivity index (χ1) is 12.5. The molecule has 0 radical (unpaired) electrons. The highest BCUT2D eigenvalue weighted by Gasteiger charge is 2.13. The lowest BCUT2D eigenvalue weighted by Gasteiger charge is -2.06. The number of fused-ring (bicyclic) bond motifs is 1. The van der Waals surface area contributed by atoms with Crippen LogP contribution in [0.4, 0.5) is 9.93 Å². The van der Waals surface area contributed by atoms with Gasteiger partial charge in [-0.05, 0) is 19.9 Å². The van der Waals surface area contributed by atoms with E-state index in [9.17, 15) is 9.90 Å². The Morgan fingerprint density at radius 1 is 1.38 bits per heavy atom. The van der Waals surface area contributed by atoms with Gasteiger partial charge in [0.1, 0.15) is 16.5 Å². The van der Waals surface area contributed by atoms with Gasteiger partial charge in [0.15, 0.2) is 11.0 Å². The summed E-state index contributed by atoms with van der Waals surface area (Å²) in [5.74, 6) is 0.367. The highest BCUT2D eigenvalue weighted by atomic mass is 32.1. The molecule has 0 aliphatic heterocycles. The van der Waals surface area contributed by atoms with E-state index in [1.807, 2.05) is 13.0 Å². The van der Waals surface area contributed by atoms with Crippen molar-refractivity contribution in [1.82, 2.24) is 25.3 Å². The van der Waals surface area contributed by atoms with E-state index in [1.54, 1.807) is 25.4 Å². The predicted molar refractivity (Wildman–Crippen MR) is 101 cm³/mol. The number of hydrogen-bond acceptors (Lipinski definition) is 7. The summed E-state index contributed by atoms with van der Waals surface area (Å²) in [5.41, 5.74) is 3.11. The van der Waals surface area contributed by atoms with Crippen LogP contribution >= 0.6 is 11.3 Å². The molecule has 3 N–H and O–H groups in total. The van der Waals surface area contributed by atoms with Crippen LogP contribution in [0.2, 0.25) is 0 Å². The summed E-state index contributed by atoms with van der Waals surface area (Å²) in [5, 5.41) is 15.3. The first-order valence-electron chi connectivity index (χ1n) is 7.92. The first-order valence-corrected chi connectivity index (χ1v) is 8.74. The predicted octanol–water partition coefficient (Wildman–Crippen LogP) is 2.82. The Morgan fingerprint density at radius 3 is 2.77 bits per heavy atom. The Balaban J connectivity index is 1.89. The molecule has 0 saturated carbocycles. The maximum Gasteiger partial charge on any atom is 0.321 e. The number of aromatic nitrogens is 4. The van der Waals surface area contributed by atoms with Crippen molar-refractivity contribution < 1.29 is 9.90 Å². The summed E-state index contributed by atoms with van der Waals surface area (Å²) in [7, 11) is 0. The number of aryl methyl sites for hydroxylation is 1. The number of thiazole rings is 1. The quantitative estimate of drug-likeness (QED) is 0.595. The molecule has 0 bridgehead atoms. The lowest BCUT2D eigenvalue weighted by Crippen LogP contribution is -2.28. The molecule has 1 unspecified atom stereocenters. The molecule has 0 spiro atoms. The van der Waals surface area contributed by atoms with Crippen LogP contribution in [0, 0.1) is 6.92 Å². The van der Waals surface area contributed by atoms with Crippen LogP contribution in [0.15, 0.2) is 31.1 Å².